The second-order valence-corrected chi connectivity index (χ2v) is 11.9. The molecule has 4 aromatic rings. The molecular formula is C28H26F3NO5S. The fourth-order valence-corrected chi connectivity index (χ4v) is 6.03. The number of carbonyl (C=O) groups is 1. The average Bonchev–Trinajstić information content (AvgIpc) is 3.15. The Balaban J connectivity index is 2.03. The van der Waals surface area contributed by atoms with Crippen molar-refractivity contribution >= 4 is 26.9 Å². The van der Waals surface area contributed by atoms with Crippen LogP contribution in [-0.2, 0) is 21.6 Å². The Kier molecular flexibility index (Phi) is 6.70. The van der Waals surface area contributed by atoms with Crippen LogP contribution in [0.2, 0.25) is 0 Å². The van der Waals surface area contributed by atoms with Gasteiger partial charge in [-0.25, -0.2) is 17.2 Å². The summed E-state index contributed by atoms with van der Waals surface area (Å²) in [4.78, 5) is 11.2. The van der Waals surface area contributed by atoms with Gasteiger partial charge in [-0.15, -0.1) is 0 Å². The minimum absolute atomic E-state index is 0.0200. The highest BCUT2D eigenvalue weighted by molar-refractivity contribution is 7.90. The molecule has 1 heterocycles. The van der Waals surface area contributed by atoms with Crippen LogP contribution in [0.1, 0.15) is 65.2 Å². The number of aromatic carboxylic acids is 1. The lowest BCUT2D eigenvalue weighted by molar-refractivity contribution is -0.137. The fraction of sp³-hybridized carbons (Fsp3) is 0.250. The number of rotatable bonds is 5. The summed E-state index contributed by atoms with van der Waals surface area (Å²) in [5.74, 6) is -1.18. The van der Waals surface area contributed by atoms with Crippen LogP contribution in [0, 0.1) is 6.92 Å². The van der Waals surface area contributed by atoms with Crippen molar-refractivity contribution in [3.8, 4) is 0 Å². The van der Waals surface area contributed by atoms with E-state index in [1.54, 1.807) is 12.1 Å². The molecule has 0 aliphatic carbocycles. The Hall–Kier alpha value is -3.63. The number of hydrogen-bond acceptors (Lipinski definition) is 4. The largest absolute Gasteiger partial charge is 0.478 e. The molecule has 38 heavy (non-hydrogen) atoms. The zero-order valence-electron chi connectivity index (χ0n) is 21.0. The van der Waals surface area contributed by atoms with E-state index in [-0.39, 0.29) is 43.6 Å². The number of nitrogens with zero attached hydrogens (tertiary/aromatic N) is 1. The lowest BCUT2D eigenvalue weighted by Gasteiger charge is -2.21. The molecule has 6 nitrogen and oxygen atoms in total. The first-order chi connectivity index (χ1) is 17.5. The molecule has 200 valence electrons. The van der Waals surface area contributed by atoms with Gasteiger partial charge in [-0.3, -0.25) is 0 Å². The Morgan fingerprint density at radius 3 is 2.11 bits per heavy atom. The lowest BCUT2D eigenvalue weighted by Crippen LogP contribution is -2.20. The van der Waals surface area contributed by atoms with Crippen LogP contribution in [-0.4, -0.2) is 28.6 Å². The molecule has 0 aliphatic rings. The molecule has 1 aromatic heterocycles. The van der Waals surface area contributed by atoms with Crippen molar-refractivity contribution in [3.05, 3.63) is 100 Å². The number of fused-ring (bicyclic) bond motifs is 1. The Bertz CT molecular complexity index is 1650. The highest BCUT2D eigenvalue weighted by atomic mass is 32.2. The van der Waals surface area contributed by atoms with E-state index in [2.05, 4.69) is 0 Å². The van der Waals surface area contributed by atoms with Gasteiger partial charge in [0.25, 0.3) is 10.0 Å². The molecule has 4 rings (SSSR count). The number of aromatic nitrogens is 1. The third-order valence-corrected chi connectivity index (χ3v) is 8.24. The molecular weight excluding hydrogens is 519 g/mol. The van der Waals surface area contributed by atoms with Crippen molar-refractivity contribution < 1.29 is 36.6 Å². The van der Waals surface area contributed by atoms with Gasteiger partial charge in [0.2, 0.25) is 0 Å². The van der Waals surface area contributed by atoms with Crippen LogP contribution in [0.3, 0.4) is 0 Å². The maximum atomic E-state index is 14.1. The predicted octanol–water partition coefficient (Wildman–Crippen LogP) is 6.28. The summed E-state index contributed by atoms with van der Waals surface area (Å²) in [6.45, 7) is 7.21. The minimum atomic E-state index is -4.66. The molecule has 0 saturated carbocycles. The molecule has 0 saturated heterocycles. The van der Waals surface area contributed by atoms with Gasteiger partial charge in [-0.2, -0.15) is 13.2 Å². The Labute approximate surface area is 218 Å². The van der Waals surface area contributed by atoms with Gasteiger partial charge in [0.05, 0.1) is 27.2 Å². The summed E-state index contributed by atoms with van der Waals surface area (Å²) in [5, 5.41) is 20.6. The highest BCUT2D eigenvalue weighted by Gasteiger charge is 2.34. The molecule has 0 fully saturated rings. The standard InChI is InChI=1S/C28H26F3NO5S/c1-16-22-15-20(28(29,30)31)12-13-23(22)32(24(16)25(33)17-8-10-18(11-9-17)26(34)35)38(36,37)21-7-5-6-19(14-21)27(2,3)4/h5-15,25,33H,1-4H3,(H,34,35). The summed E-state index contributed by atoms with van der Waals surface area (Å²) < 4.78 is 69.6. The van der Waals surface area contributed by atoms with Gasteiger partial charge in [0.15, 0.2) is 0 Å². The molecule has 1 atom stereocenters. The van der Waals surface area contributed by atoms with Gasteiger partial charge in [0.1, 0.15) is 6.10 Å². The van der Waals surface area contributed by atoms with Crippen molar-refractivity contribution in [2.45, 2.75) is 50.3 Å². The summed E-state index contributed by atoms with van der Waals surface area (Å²) in [5.41, 5.74) is -0.471. The smallest absolute Gasteiger partial charge is 0.416 e. The summed E-state index contributed by atoms with van der Waals surface area (Å²) in [7, 11) is -4.40. The van der Waals surface area contributed by atoms with E-state index in [4.69, 9.17) is 0 Å². The number of carboxylic acid groups (broad SMARTS) is 1. The molecule has 0 spiro atoms. The summed E-state index contributed by atoms with van der Waals surface area (Å²) in [6.07, 6.45) is -6.24. The number of alkyl halides is 3. The first-order valence-electron chi connectivity index (χ1n) is 11.6. The third kappa shape index (κ3) is 4.81. The van der Waals surface area contributed by atoms with E-state index in [0.29, 0.717) is 0 Å². The molecule has 0 radical (unpaired) electrons. The van der Waals surface area contributed by atoms with E-state index in [0.717, 1.165) is 27.7 Å². The minimum Gasteiger partial charge on any atom is -0.478 e. The van der Waals surface area contributed by atoms with E-state index in [1.165, 1.54) is 43.3 Å². The van der Waals surface area contributed by atoms with Gasteiger partial charge in [-0.05, 0) is 71.5 Å². The summed E-state index contributed by atoms with van der Waals surface area (Å²) >= 11 is 0. The van der Waals surface area contributed by atoms with Crippen LogP contribution in [0.5, 0.6) is 0 Å². The van der Waals surface area contributed by atoms with Crippen LogP contribution >= 0.6 is 0 Å². The maximum Gasteiger partial charge on any atom is 0.416 e. The molecule has 0 amide bonds. The van der Waals surface area contributed by atoms with E-state index >= 15 is 0 Å². The normalized spacial score (nSPS) is 13.6. The zero-order chi connectivity index (χ0) is 28.2. The molecule has 0 aliphatic heterocycles. The predicted molar refractivity (Wildman–Crippen MR) is 137 cm³/mol. The Morgan fingerprint density at radius 2 is 1.55 bits per heavy atom. The first kappa shape index (κ1) is 27.4. The van der Waals surface area contributed by atoms with Crippen molar-refractivity contribution in [2.24, 2.45) is 0 Å². The second-order valence-electron chi connectivity index (χ2n) is 10.1. The average molecular weight is 546 g/mol. The number of hydrogen-bond donors (Lipinski definition) is 2. The molecule has 0 bridgehead atoms. The van der Waals surface area contributed by atoms with Crippen molar-refractivity contribution in [3.63, 3.8) is 0 Å². The van der Waals surface area contributed by atoms with E-state index in [9.17, 15) is 36.6 Å². The van der Waals surface area contributed by atoms with Gasteiger partial charge in [0, 0.05) is 5.39 Å². The first-order valence-corrected chi connectivity index (χ1v) is 13.1. The number of aliphatic hydroxyl groups is 1. The number of halogens is 3. The second kappa shape index (κ2) is 9.28. The SMILES string of the molecule is Cc1c(C(O)c2ccc(C(=O)O)cc2)n(S(=O)(=O)c2cccc(C(C)(C)C)c2)c2ccc(C(F)(F)F)cc12. The Morgan fingerprint density at radius 1 is 0.921 bits per heavy atom. The van der Waals surface area contributed by atoms with Crippen molar-refractivity contribution in [2.75, 3.05) is 0 Å². The van der Waals surface area contributed by atoms with Crippen molar-refractivity contribution in [1.29, 1.82) is 0 Å². The van der Waals surface area contributed by atoms with E-state index in [1.807, 2.05) is 20.8 Å². The number of benzene rings is 3. The highest BCUT2D eigenvalue weighted by Crippen LogP contribution is 2.39. The number of aliphatic hydroxyl groups excluding tert-OH is 1. The van der Waals surface area contributed by atoms with Gasteiger partial charge >= 0.3 is 12.1 Å². The molecule has 10 heteroatoms. The van der Waals surface area contributed by atoms with E-state index < -0.39 is 33.8 Å². The molecule has 2 N–H and O–H groups in total. The summed E-state index contributed by atoms with van der Waals surface area (Å²) in [6, 6.07) is 14.2. The number of aryl methyl sites for hydroxylation is 1. The van der Waals surface area contributed by atoms with Crippen LogP contribution in [0.4, 0.5) is 13.2 Å². The zero-order valence-corrected chi connectivity index (χ0v) is 21.9. The van der Waals surface area contributed by atoms with Crippen molar-refractivity contribution in [1.82, 2.24) is 3.97 Å². The lowest BCUT2D eigenvalue weighted by atomic mass is 9.87. The maximum absolute atomic E-state index is 14.1. The number of carboxylic acids is 1. The van der Waals surface area contributed by atoms with Crippen LogP contribution < -0.4 is 0 Å². The van der Waals surface area contributed by atoms with Crippen LogP contribution in [0.25, 0.3) is 10.9 Å². The third-order valence-electron chi connectivity index (χ3n) is 6.52. The topological polar surface area (TPSA) is 96.6 Å². The fourth-order valence-electron chi connectivity index (χ4n) is 4.38. The monoisotopic (exact) mass is 545 g/mol. The molecule has 3 aromatic carbocycles. The molecule has 1 unspecified atom stereocenters. The van der Waals surface area contributed by atoms with Gasteiger partial charge in [-0.1, -0.05) is 45.0 Å². The quantitative estimate of drug-likeness (QED) is 0.308. The van der Waals surface area contributed by atoms with Crippen LogP contribution in [0.15, 0.2) is 71.6 Å². The van der Waals surface area contributed by atoms with Gasteiger partial charge < -0.3 is 10.2 Å².